The molecule has 1 spiro atoms. The minimum absolute atomic E-state index is 0.0221. The van der Waals surface area contributed by atoms with Crippen molar-refractivity contribution >= 4 is 28.7 Å². The number of nitrogens with two attached hydrogens (primary N) is 1. The highest BCUT2D eigenvalue weighted by Gasteiger charge is 2.56. The van der Waals surface area contributed by atoms with Gasteiger partial charge in [0, 0.05) is 30.5 Å². The van der Waals surface area contributed by atoms with Crippen LogP contribution in [0, 0.1) is 17.6 Å². The number of primary amides is 1. The maximum absolute atomic E-state index is 14.5. The summed E-state index contributed by atoms with van der Waals surface area (Å²) in [6.07, 6.45) is 0.419. The van der Waals surface area contributed by atoms with Gasteiger partial charge in [0.05, 0.1) is 6.61 Å². The third-order valence-corrected chi connectivity index (χ3v) is 6.81. The van der Waals surface area contributed by atoms with Gasteiger partial charge >= 0.3 is 6.03 Å². The highest BCUT2D eigenvalue weighted by molar-refractivity contribution is 8.15. The van der Waals surface area contributed by atoms with Crippen molar-refractivity contribution < 1.29 is 23.1 Å². The summed E-state index contributed by atoms with van der Waals surface area (Å²) in [7, 11) is 0. The Morgan fingerprint density at radius 2 is 2.10 bits per heavy atom. The number of hydrogen-bond donors (Lipinski definition) is 2. The Morgan fingerprint density at radius 3 is 2.84 bits per heavy atom. The lowest BCUT2D eigenvalue weighted by Crippen LogP contribution is -2.51. The Kier molecular flexibility index (Phi) is 5.57. The van der Waals surface area contributed by atoms with Crippen LogP contribution in [-0.2, 0) is 9.67 Å². The van der Waals surface area contributed by atoms with Crippen molar-refractivity contribution in [2.45, 2.75) is 18.2 Å². The number of carbonyl (C=O) groups excluding carboxylic acids is 2. The summed E-state index contributed by atoms with van der Waals surface area (Å²) in [5.41, 5.74) is 5.86. The van der Waals surface area contributed by atoms with E-state index in [1.54, 1.807) is 6.07 Å². The van der Waals surface area contributed by atoms with Gasteiger partial charge in [-0.05, 0) is 30.7 Å². The maximum atomic E-state index is 14.5. The second kappa shape index (κ2) is 8.18. The molecule has 2 unspecified atom stereocenters. The van der Waals surface area contributed by atoms with Crippen molar-refractivity contribution in [3.05, 3.63) is 65.2 Å². The summed E-state index contributed by atoms with van der Waals surface area (Å²) in [5.74, 6) is -1.34. The van der Waals surface area contributed by atoms with Crippen LogP contribution in [0.4, 0.5) is 13.6 Å². The Hall–Kier alpha value is -3.14. The molecule has 10 heteroatoms. The van der Waals surface area contributed by atoms with E-state index >= 15 is 0 Å². The number of benzene rings is 2. The summed E-state index contributed by atoms with van der Waals surface area (Å²) in [6, 6.07) is 9.70. The Labute approximate surface area is 181 Å². The molecule has 2 aliphatic heterocycles. The summed E-state index contributed by atoms with van der Waals surface area (Å²) >= 11 is 1.18. The molecule has 2 aliphatic rings. The molecule has 2 heterocycles. The van der Waals surface area contributed by atoms with Crippen molar-refractivity contribution in [2.24, 2.45) is 16.8 Å². The molecule has 0 saturated carbocycles. The molecule has 4 rings (SSSR count). The molecule has 2 atom stereocenters. The van der Waals surface area contributed by atoms with Gasteiger partial charge in [0.15, 0.2) is 4.87 Å². The number of hydrazone groups is 1. The molecule has 2 aromatic carbocycles. The largest absolute Gasteiger partial charge is 0.493 e. The molecule has 0 bridgehead atoms. The lowest BCUT2D eigenvalue weighted by Gasteiger charge is -2.45. The smallest absolute Gasteiger partial charge is 0.312 e. The first-order chi connectivity index (χ1) is 14.8. The fourth-order valence-electron chi connectivity index (χ4n) is 3.94. The first-order valence-corrected chi connectivity index (χ1v) is 10.4. The van der Waals surface area contributed by atoms with Crippen molar-refractivity contribution in [1.29, 1.82) is 0 Å². The summed E-state index contributed by atoms with van der Waals surface area (Å²) < 4.78 is 34.3. The molecule has 7 nitrogen and oxygen atoms in total. The van der Waals surface area contributed by atoms with Gasteiger partial charge in [-0.15, -0.1) is 0 Å². The van der Waals surface area contributed by atoms with Crippen LogP contribution in [0.25, 0.3) is 0 Å². The number of fused-ring (bicyclic) bond motifs is 2. The standard InChI is InChI=1S/C21H20F2N4O3S/c1-12(28)27-21(31-19(26-27)15-10-14(22)6-7-17(15)23)13(8-9-25-20(24)29)11-30-18-5-3-2-4-16(18)21/h2-7,10,13H,8-9,11H2,1H3,(H3,24,25,29). The van der Waals surface area contributed by atoms with E-state index in [-0.39, 0.29) is 35.6 Å². The molecular formula is C21H20F2N4O3S. The number of carbonyl (C=O) groups is 2. The highest BCUT2D eigenvalue weighted by Crippen LogP contribution is 2.57. The van der Waals surface area contributed by atoms with Crippen molar-refractivity contribution in [2.75, 3.05) is 13.2 Å². The first-order valence-electron chi connectivity index (χ1n) is 9.62. The van der Waals surface area contributed by atoms with Crippen LogP contribution < -0.4 is 15.8 Å². The molecule has 0 radical (unpaired) electrons. The summed E-state index contributed by atoms with van der Waals surface area (Å²) in [5, 5.41) is 8.47. The zero-order chi connectivity index (χ0) is 22.2. The zero-order valence-electron chi connectivity index (χ0n) is 16.6. The first kappa shape index (κ1) is 21.1. The summed E-state index contributed by atoms with van der Waals surface area (Å²) in [4.78, 5) is 22.8. The molecule has 0 saturated heterocycles. The number of rotatable bonds is 4. The van der Waals surface area contributed by atoms with Gasteiger partial charge in [-0.25, -0.2) is 18.6 Å². The Balaban J connectivity index is 1.82. The van der Waals surface area contributed by atoms with Gasteiger partial charge < -0.3 is 15.8 Å². The molecule has 0 fully saturated rings. The second-order valence-electron chi connectivity index (χ2n) is 7.24. The fourth-order valence-corrected chi connectivity index (χ4v) is 5.51. The number of para-hydroxylation sites is 1. The van der Waals surface area contributed by atoms with Gasteiger partial charge in [0.1, 0.15) is 22.4 Å². The molecule has 3 amide bonds. The van der Waals surface area contributed by atoms with E-state index in [9.17, 15) is 18.4 Å². The van der Waals surface area contributed by atoms with Crippen molar-refractivity contribution in [3.8, 4) is 5.75 Å². The van der Waals surface area contributed by atoms with E-state index in [0.29, 0.717) is 17.7 Å². The number of thioether (sulfide) groups is 1. The number of nitrogens with zero attached hydrogens (tertiary/aromatic N) is 2. The molecule has 162 valence electrons. The Morgan fingerprint density at radius 1 is 1.32 bits per heavy atom. The molecular weight excluding hydrogens is 426 g/mol. The van der Waals surface area contributed by atoms with Crippen LogP contribution in [0.3, 0.4) is 0 Å². The lowest BCUT2D eigenvalue weighted by molar-refractivity contribution is -0.134. The van der Waals surface area contributed by atoms with Crippen LogP contribution in [-0.4, -0.2) is 35.1 Å². The van der Waals surface area contributed by atoms with Crippen LogP contribution in [0.2, 0.25) is 0 Å². The topological polar surface area (TPSA) is 97.0 Å². The van der Waals surface area contributed by atoms with Gasteiger partial charge in [-0.1, -0.05) is 30.0 Å². The number of nitrogens with one attached hydrogen (secondary N) is 1. The lowest BCUT2D eigenvalue weighted by atomic mass is 9.86. The number of amides is 3. The number of halogens is 2. The highest BCUT2D eigenvalue weighted by atomic mass is 32.2. The third kappa shape index (κ3) is 3.71. The maximum Gasteiger partial charge on any atom is 0.312 e. The van der Waals surface area contributed by atoms with Gasteiger partial charge in [0.2, 0.25) is 5.91 Å². The molecule has 0 aliphatic carbocycles. The predicted molar refractivity (Wildman–Crippen MR) is 112 cm³/mol. The van der Waals surface area contributed by atoms with E-state index in [2.05, 4.69) is 10.4 Å². The van der Waals surface area contributed by atoms with Crippen LogP contribution >= 0.6 is 11.8 Å². The zero-order valence-corrected chi connectivity index (χ0v) is 17.4. The summed E-state index contributed by atoms with van der Waals surface area (Å²) in [6.45, 7) is 1.86. The van der Waals surface area contributed by atoms with Crippen LogP contribution in [0.5, 0.6) is 5.75 Å². The van der Waals surface area contributed by atoms with E-state index in [0.717, 1.165) is 18.2 Å². The minimum atomic E-state index is -1.05. The monoisotopic (exact) mass is 446 g/mol. The average Bonchev–Trinajstić information content (AvgIpc) is 3.13. The SMILES string of the molecule is CC(=O)N1N=C(c2cc(F)ccc2F)SC12c1ccccc1OCC2CCNC(N)=O. The molecule has 31 heavy (non-hydrogen) atoms. The van der Waals surface area contributed by atoms with Gasteiger partial charge in [-0.2, -0.15) is 5.10 Å². The molecule has 2 aromatic rings. The van der Waals surface area contributed by atoms with Crippen LogP contribution in [0.15, 0.2) is 47.6 Å². The minimum Gasteiger partial charge on any atom is -0.493 e. The fraction of sp³-hybridized carbons (Fsp3) is 0.286. The van der Waals surface area contributed by atoms with E-state index in [1.807, 2.05) is 18.2 Å². The number of ether oxygens (including phenoxy) is 1. The van der Waals surface area contributed by atoms with Crippen molar-refractivity contribution in [3.63, 3.8) is 0 Å². The van der Waals surface area contributed by atoms with E-state index < -0.39 is 22.5 Å². The number of hydrogen-bond acceptors (Lipinski definition) is 5. The normalized spacial score (nSPS) is 22.0. The number of urea groups is 1. The average molecular weight is 446 g/mol. The second-order valence-corrected chi connectivity index (χ2v) is 8.46. The molecule has 3 N–H and O–H groups in total. The Bertz CT molecular complexity index is 1080. The van der Waals surface area contributed by atoms with Crippen LogP contribution in [0.1, 0.15) is 24.5 Å². The molecule has 0 aromatic heterocycles. The quantitative estimate of drug-likeness (QED) is 0.754. The van der Waals surface area contributed by atoms with Gasteiger partial charge in [0.25, 0.3) is 0 Å². The van der Waals surface area contributed by atoms with E-state index in [4.69, 9.17) is 10.5 Å². The van der Waals surface area contributed by atoms with Gasteiger partial charge in [-0.3, -0.25) is 4.79 Å². The predicted octanol–water partition coefficient (Wildman–Crippen LogP) is 3.14. The van der Waals surface area contributed by atoms with Crippen molar-refractivity contribution in [1.82, 2.24) is 10.3 Å². The van der Waals surface area contributed by atoms with E-state index in [1.165, 1.54) is 23.7 Å². The third-order valence-electron chi connectivity index (χ3n) is 5.27.